The molecule has 0 aliphatic heterocycles. The molecule has 1 heterocycles. The molecule has 1 aliphatic carbocycles. The van der Waals surface area contributed by atoms with Gasteiger partial charge in [-0.3, -0.25) is 0 Å². The van der Waals surface area contributed by atoms with Gasteiger partial charge in [-0.05, 0) is 43.7 Å². The van der Waals surface area contributed by atoms with Crippen molar-refractivity contribution >= 4 is 5.69 Å². The zero-order chi connectivity index (χ0) is 14.8. The monoisotopic (exact) mass is 287 g/mol. The van der Waals surface area contributed by atoms with Crippen LogP contribution >= 0.6 is 0 Å². The summed E-state index contributed by atoms with van der Waals surface area (Å²) in [7, 11) is 0. The number of benzene rings is 1. The highest BCUT2D eigenvalue weighted by Crippen LogP contribution is 2.38. The van der Waals surface area contributed by atoms with E-state index < -0.39 is 0 Å². The number of nitrogen functional groups attached to an aromatic ring is 1. The van der Waals surface area contributed by atoms with Crippen LogP contribution in [-0.4, -0.2) is 15.2 Å². The minimum atomic E-state index is 0.00221. The zero-order valence-electron chi connectivity index (χ0n) is 12.2. The smallest absolute Gasteiger partial charge is 0.261 e. The molecular formula is C16H21N3O2. The molecule has 2 aromatic rings. The van der Waals surface area contributed by atoms with Crippen molar-refractivity contribution in [3.63, 3.8) is 0 Å². The van der Waals surface area contributed by atoms with Crippen LogP contribution in [0, 0.1) is 5.92 Å². The predicted octanol–water partition coefficient (Wildman–Crippen LogP) is 3.71. The maximum absolute atomic E-state index is 9.98. The van der Waals surface area contributed by atoms with E-state index >= 15 is 0 Å². The highest BCUT2D eigenvalue weighted by molar-refractivity contribution is 5.71. The van der Waals surface area contributed by atoms with Crippen molar-refractivity contribution in [1.82, 2.24) is 10.1 Å². The van der Waals surface area contributed by atoms with Crippen LogP contribution in [-0.2, 0) is 0 Å². The molecule has 0 unspecified atom stereocenters. The van der Waals surface area contributed by atoms with E-state index in [9.17, 15) is 5.11 Å². The third kappa shape index (κ3) is 2.73. The number of anilines is 1. The Morgan fingerprint density at radius 2 is 2.05 bits per heavy atom. The van der Waals surface area contributed by atoms with Gasteiger partial charge in [0.05, 0.1) is 11.3 Å². The molecule has 5 nitrogen and oxygen atoms in total. The summed E-state index contributed by atoms with van der Waals surface area (Å²) in [6.45, 7) is 2.25. The van der Waals surface area contributed by atoms with Gasteiger partial charge in [0.1, 0.15) is 0 Å². The van der Waals surface area contributed by atoms with Gasteiger partial charge in [0.25, 0.3) is 5.89 Å². The number of phenols is 1. The van der Waals surface area contributed by atoms with Crippen LogP contribution in [0.1, 0.15) is 50.8 Å². The van der Waals surface area contributed by atoms with Crippen molar-refractivity contribution in [2.24, 2.45) is 5.92 Å². The third-order valence-electron chi connectivity index (χ3n) is 4.53. The van der Waals surface area contributed by atoms with Crippen molar-refractivity contribution in [1.29, 1.82) is 0 Å². The van der Waals surface area contributed by atoms with Crippen molar-refractivity contribution in [3.8, 4) is 17.2 Å². The fourth-order valence-electron chi connectivity index (χ4n) is 3.07. The van der Waals surface area contributed by atoms with E-state index in [4.69, 9.17) is 10.3 Å². The largest absolute Gasteiger partial charge is 0.505 e. The first-order valence-electron chi connectivity index (χ1n) is 7.60. The molecule has 1 saturated carbocycles. The highest BCUT2D eigenvalue weighted by atomic mass is 16.5. The summed E-state index contributed by atoms with van der Waals surface area (Å²) in [6, 6.07) is 5.14. The lowest BCUT2D eigenvalue weighted by Crippen LogP contribution is -2.13. The number of nitrogens with two attached hydrogens (primary N) is 1. The Bertz CT molecular complexity index is 616. The summed E-state index contributed by atoms with van der Waals surface area (Å²) in [5, 5.41) is 14.1. The molecule has 3 N–H and O–H groups in total. The van der Waals surface area contributed by atoms with Crippen LogP contribution in [0.5, 0.6) is 5.75 Å². The SMILES string of the molecule is CCC1CCC(c2noc(-c3cccc(N)c3O)n2)CC1. The van der Waals surface area contributed by atoms with Crippen LogP contribution < -0.4 is 5.73 Å². The molecule has 0 bridgehead atoms. The summed E-state index contributed by atoms with van der Waals surface area (Å²) in [6.07, 6.45) is 5.94. The second-order valence-corrected chi connectivity index (χ2v) is 5.83. The van der Waals surface area contributed by atoms with E-state index in [1.807, 2.05) is 0 Å². The quantitative estimate of drug-likeness (QED) is 0.664. The summed E-state index contributed by atoms with van der Waals surface area (Å²) >= 11 is 0. The minimum Gasteiger partial charge on any atom is -0.505 e. The van der Waals surface area contributed by atoms with Crippen molar-refractivity contribution < 1.29 is 9.63 Å². The van der Waals surface area contributed by atoms with Gasteiger partial charge < -0.3 is 15.4 Å². The summed E-state index contributed by atoms with van der Waals surface area (Å²) in [4.78, 5) is 4.46. The van der Waals surface area contributed by atoms with E-state index in [2.05, 4.69) is 17.1 Å². The number of hydrogen-bond donors (Lipinski definition) is 2. The maximum Gasteiger partial charge on any atom is 0.261 e. The number of para-hydroxylation sites is 1. The molecule has 0 radical (unpaired) electrons. The summed E-state index contributed by atoms with van der Waals surface area (Å²) in [5.41, 5.74) is 6.51. The number of hydrogen-bond acceptors (Lipinski definition) is 5. The number of aromatic hydroxyl groups is 1. The number of rotatable bonds is 3. The number of nitrogens with zero attached hydrogens (tertiary/aromatic N) is 2. The molecule has 0 spiro atoms. The zero-order valence-corrected chi connectivity index (χ0v) is 12.2. The van der Waals surface area contributed by atoms with Gasteiger partial charge in [0.15, 0.2) is 11.6 Å². The standard InChI is InChI=1S/C16H21N3O2/c1-2-10-6-8-11(9-7-10)15-18-16(21-19-15)12-4-3-5-13(17)14(12)20/h3-5,10-11,20H,2,6-9,17H2,1H3. The van der Waals surface area contributed by atoms with E-state index in [1.54, 1.807) is 18.2 Å². The fourth-order valence-corrected chi connectivity index (χ4v) is 3.07. The van der Waals surface area contributed by atoms with Crippen molar-refractivity contribution in [2.75, 3.05) is 5.73 Å². The molecule has 0 saturated heterocycles. The molecule has 5 heteroatoms. The Morgan fingerprint density at radius 1 is 1.29 bits per heavy atom. The van der Waals surface area contributed by atoms with Crippen LogP contribution in [0.2, 0.25) is 0 Å². The average molecular weight is 287 g/mol. The Balaban J connectivity index is 1.79. The second kappa shape index (κ2) is 5.76. The van der Waals surface area contributed by atoms with Crippen LogP contribution in [0.25, 0.3) is 11.5 Å². The van der Waals surface area contributed by atoms with Crippen molar-refractivity contribution in [2.45, 2.75) is 44.9 Å². The molecule has 21 heavy (non-hydrogen) atoms. The van der Waals surface area contributed by atoms with Gasteiger partial charge in [-0.25, -0.2) is 0 Å². The van der Waals surface area contributed by atoms with Crippen LogP contribution in [0.4, 0.5) is 5.69 Å². The molecular weight excluding hydrogens is 266 g/mol. The summed E-state index contributed by atoms with van der Waals surface area (Å²) in [5.74, 6) is 2.30. The van der Waals surface area contributed by atoms with E-state index in [-0.39, 0.29) is 5.75 Å². The van der Waals surface area contributed by atoms with Gasteiger partial charge in [-0.15, -0.1) is 0 Å². The first-order valence-corrected chi connectivity index (χ1v) is 7.60. The molecule has 0 amide bonds. The minimum absolute atomic E-state index is 0.00221. The van der Waals surface area contributed by atoms with Gasteiger partial charge in [0.2, 0.25) is 0 Å². The van der Waals surface area contributed by atoms with E-state index in [0.717, 1.165) is 24.6 Å². The van der Waals surface area contributed by atoms with Gasteiger partial charge in [-0.1, -0.05) is 24.6 Å². The first-order chi connectivity index (χ1) is 10.2. The Kier molecular flexibility index (Phi) is 3.82. The first kappa shape index (κ1) is 13.9. The topological polar surface area (TPSA) is 85.2 Å². The summed E-state index contributed by atoms with van der Waals surface area (Å²) < 4.78 is 5.32. The molecule has 112 valence electrons. The molecule has 0 atom stereocenters. The molecule has 1 fully saturated rings. The van der Waals surface area contributed by atoms with Gasteiger partial charge in [-0.2, -0.15) is 4.98 Å². The molecule has 1 aromatic carbocycles. The average Bonchev–Trinajstić information content (AvgIpc) is 3.00. The van der Waals surface area contributed by atoms with Crippen LogP contribution in [0.3, 0.4) is 0 Å². The van der Waals surface area contributed by atoms with E-state index in [0.29, 0.717) is 23.1 Å². The van der Waals surface area contributed by atoms with Crippen LogP contribution in [0.15, 0.2) is 22.7 Å². The third-order valence-corrected chi connectivity index (χ3v) is 4.53. The Labute approximate surface area is 124 Å². The van der Waals surface area contributed by atoms with Gasteiger partial charge >= 0.3 is 0 Å². The molecule has 1 aliphatic rings. The normalized spacial score (nSPS) is 22.3. The maximum atomic E-state index is 9.98. The lowest BCUT2D eigenvalue weighted by atomic mass is 9.80. The second-order valence-electron chi connectivity index (χ2n) is 5.83. The van der Waals surface area contributed by atoms with Gasteiger partial charge in [0, 0.05) is 5.92 Å². The van der Waals surface area contributed by atoms with Crippen molar-refractivity contribution in [3.05, 3.63) is 24.0 Å². The Morgan fingerprint density at radius 3 is 2.76 bits per heavy atom. The molecule has 1 aromatic heterocycles. The lowest BCUT2D eigenvalue weighted by molar-refractivity contribution is 0.305. The predicted molar refractivity (Wildman–Crippen MR) is 80.8 cm³/mol. The molecule has 3 rings (SSSR count). The van der Waals surface area contributed by atoms with E-state index in [1.165, 1.54) is 19.3 Å². The number of phenolic OH excluding ortho intramolecular Hbond substituents is 1. The lowest BCUT2D eigenvalue weighted by Gasteiger charge is -2.25. The highest BCUT2D eigenvalue weighted by Gasteiger charge is 2.25. The fraction of sp³-hybridized carbons (Fsp3) is 0.500. The number of aromatic nitrogens is 2. The Hall–Kier alpha value is -2.04.